The van der Waals surface area contributed by atoms with Gasteiger partial charge in [-0.2, -0.15) is 8.42 Å². The Bertz CT molecular complexity index is 769. The lowest BCUT2D eigenvalue weighted by Gasteiger charge is -2.30. The molecule has 0 saturated heterocycles. The van der Waals surface area contributed by atoms with Gasteiger partial charge in [-0.15, -0.1) is 0 Å². The van der Waals surface area contributed by atoms with Gasteiger partial charge in [0.2, 0.25) is 0 Å². The summed E-state index contributed by atoms with van der Waals surface area (Å²) < 4.78 is 30.9. The number of hydrogen-bond acceptors (Lipinski definition) is 3. The van der Waals surface area contributed by atoms with Crippen molar-refractivity contribution in [2.75, 3.05) is 0 Å². The molecule has 23 heavy (non-hydrogen) atoms. The van der Waals surface area contributed by atoms with Crippen molar-refractivity contribution in [3.8, 4) is 0 Å². The van der Waals surface area contributed by atoms with Gasteiger partial charge in [0.05, 0.1) is 4.90 Å². The molecule has 0 radical (unpaired) electrons. The summed E-state index contributed by atoms with van der Waals surface area (Å²) in [5, 5.41) is 0. The summed E-state index contributed by atoms with van der Waals surface area (Å²) in [5.41, 5.74) is 2.60. The Hall–Kier alpha value is -1.65. The van der Waals surface area contributed by atoms with Crippen molar-refractivity contribution in [3.63, 3.8) is 0 Å². The maximum absolute atomic E-state index is 12.6. The smallest absolute Gasteiger partial charge is 0.258 e. The van der Waals surface area contributed by atoms with Gasteiger partial charge in [0.15, 0.2) is 0 Å². The monoisotopic (exact) mass is 332 g/mol. The zero-order valence-corrected chi connectivity index (χ0v) is 15.1. The predicted octanol–water partition coefficient (Wildman–Crippen LogP) is 4.80. The van der Waals surface area contributed by atoms with Crippen LogP contribution in [0.2, 0.25) is 0 Å². The van der Waals surface area contributed by atoms with Crippen molar-refractivity contribution in [1.82, 2.24) is 0 Å². The van der Waals surface area contributed by atoms with Gasteiger partial charge >= 0.3 is 0 Å². The second-order valence-corrected chi connectivity index (χ2v) is 8.60. The molecule has 1 unspecified atom stereocenters. The lowest BCUT2D eigenvalue weighted by atomic mass is 9.84. The van der Waals surface area contributed by atoms with E-state index in [1.807, 2.05) is 58.9 Å². The van der Waals surface area contributed by atoms with Gasteiger partial charge in [0.25, 0.3) is 10.1 Å². The highest BCUT2D eigenvalue weighted by Crippen LogP contribution is 2.38. The van der Waals surface area contributed by atoms with Crippen LogP contribution in [0.4, 0.5) is 0 Å². The number of rotatable bonds is 4. The molecule has 0 heterocycles. The molecule has 0 bridgehead atoms. The molecule has 0 N–H and O–H groups in total. The first kappa shape index (κ1) is 17.7. The topological polar surface area (TPSA) is 43.4 Å². The van der Waals surface area contributed by atoms with Gasteiger partial charge in [0.1, 0.15) is 6.10 Å². The summed E-state index contributed by atoms with van der Waals surface area (Å²) >= 11 is 0. The molecule has 0 aromatic heterocycles. The van der Waals surface area contributed by atoms with Crippen LogP contribution in [0.15, 0.2) is 53.4 Å². The zero-order valence-electron chi connectivity index (χ0n) is 14.3. The molecule has 1 atom stereocenters. The fourth-order valence-corrected chi connectivity index (χ4v) is 3.65. The van der Waals surface area contributed by atoms with Gasteiger partial charge < -0.3 is 0 Å². The van der Waals surface area contributed by atoms with E-state index in [2.05, 4.69) is 0 Å². The standard InChI is InChI=1S/C19H24O3S/c1-14-9-11-17(12-10-14)23(20,21)22-18(19(3,4)5)16-8-6-7-15(2)13-16/h6-13,18H,1-5H3. The average Bonchev–Trinajstić information content (AvgIpc) is 2.44. The highest BCUT2D eigenvalue weighted by Gasteiger charge is 2.32. The van der Waals surface area contributed by atoms with E-state index in [0.717, 1.165) is 16.7 Å². The van der Waals surface area contributed by atoms with Crippen LogP contribution in [0.1, 0.15) is 43.6 Å². The van der Waals surface area contributed by atoms with Crippen LogP contribution < -0.4 is 0 Å². The first-order chi connectivity index (χ1) is 10.6. The zero-order chi connectivity index (χ0) is 17.3. The van der Waals surface area contributed by atoms with Crippen molar-refractivity contribution >= 4 is 10.1 Å². The predicted molar refractivity (Wildman–Crippen MR) is 92.8 cm³/mol. The summed E-state index contributed by atoms with van der Waals surface area (Å²) in [6, 6.07) is 14.5. The Labute approximate surface area is 139 Å². The second kappa shape index (κ2) is 6.46. The summed E-state index contributed by atoms with van der Waals surface area (Å²) in [5.74, 6) is 0. The van der Waals surface area contributed by atoms with Crippen LogP contribution in [-0.4, -0.2) is 8.42 Å². The van der Waals surface area contributed by atoms with Crippen molar-refractivity contribution < 1.29 is 12.6 Å². The van der Waals surface area contributed by atoms with Crippen LogP contribution in [0.25, 0.3) is 0 Å². The van der Waals surface area contributed by atoms with Crippen LogP contribution in [0, 0.1) is 19.3 Å². The number of aryl methyl sites for hydroxylation is 2. The lowest BCUT2D eigenvalue weighted by molar-refractivity contribution is 0.0933. The molecule has 2 aromatic carbocycles. The molecule has 4 heteroatoms. The molecule has 0 spiro atoms. The maximum atomic E-state index is 12.6. The normalized spacial score (nSPS) is 13.8. The van der Waals surface area contributed by atoms with Crippen molar-refractivity contribution in [2.45, 2.75) is 45.6 Å². The summed E-state index contributed by atoms with van der Waals surface area (Å²) in [7, 11) is -3.82. The Kier molecular flexibility index (Phi) is 4.97. The maximum Gasteiger partial charge on any atom is 0.297 e. The molecule has 124 valence electrons. The van der Waals surface area contributed by atoms with Gasteiger partial charge in [-0.3, -0.25) is 4.18 Å². The number of benzene rings is 2. The summed E-state index contributed by atoms with van der Waals surface area (Å²) in [4.78, 5) is 0.185. The fraction of sp³-hybridized carbons (Fsp3) is 0.368. The molecule has 3 nitrogen and oxygen atoms in total. The van der Waals surface area contributed by atoms with E-state index in [0.29, 0.717) is 0 Å². The average molecular weight is 332 g/mol. The van der Waals surface area contributed by atoms with E-state index in [9.17, 15) is 8.42 Å². The minimum atomic E-state index is -3.82. The van der Waals surface area contributed by atoms with E-state index in [1.165, 1.54) is 0 Å². The largest absolute Gasteiger partial charge is 0.297 e. The minimum Gasteiger partial charge on any atom is -0.258 e. The first-order valence-electron chi connectivity index (χ1n) is 7.66. The van der Waals surface area contributed by atoms with E-state index in [4.69, 9.17) is 4.18 Å². The molecule has 0 aliphatic rings. The third kappa shape index (κ3) is 4.43. The van der Waals surface area contributed by atoms with E-state index < -0.39 is 16.2 Å². The first-order valence-corrected chi connectivity index (χ1v) is 9.07. The highest BCUT2D eigenvalue weighted by molar-refractivity contribution is 7.86. The SMILES string of the molecule is Cc1ccc(S(=O)(=O)OC(c2cccc(C)c2)C(C)(C)C)cc1. The molecule has 0 saturated carbocycles. The molecule has 0 amide bonds. The highest BCUT2D eigenvalue weighted by atomic mass is 32.2. The van der Waals surface area contributed by atoms with E-state index >= 15 is 0 Å². The Balaban J connectivity index is 2.40. The third-order valence-electron chi connectivity index (χ3n) is 3.66. The summed E-state index contributed by atoms with van der Waals surface area (Å²) in [6.45, 7) is 9.83. The molecule has 0 fully saturated rings. The third-order valence-corrected chi connectivity index (χ3v) is 4.96. The molecule has 2 rings (SSSR count). The Morgan fingerprint density at radius 1 is 0.913 bits per heavy atom. The second-order valence-electron chi connectivity index (χ2n) is 7.02. The number of hydrogen-bond donors (Lipinski definition) is 0. The Morgan fingerprint density at radius 3 is 2.04 bits per heavy atom. The molecular formula is C19H24O3S. The minimum absolute atomic E-state index is 0.185. The van der Waals surface area contributed by atoms with Crippen LogP contribution in [-0.2, 0) is 14.3 Å². The van der Waals surface area contributed by atoms with Crippen molar-refractivity contribution in [3.05, 3.63) is 65.2 Å². The van der Waals surface area contributed by atoms with Gasteiger partial charge in [0, 0.05) is 0 Å². The van der Waals surface area contributed by atoms with Crippen molar-refractivity contribution in [2.24, 2.45) is 5.41 Å². The molecular weight excluding hydrogens is 308 g/mol. The van der Waals surface area contributed by atoms with Gasteiger partial charge in [-0.1, -0.05) is 68.3 Å². The molecule has 0 aliphatic heterocycles. The van der Waals surface area contributed by atoms with Crippen molar-refractivity contribution in [1.29, 1.82) is 0 Å². The van der Waals surface area contributed by atoms with Crippen LogP contribution >= 0.6 is 0 Å². The van der Waals surface area contributed by atoms with Gasteiger partial charge in [-0.25, -0.2) is 0 Å². The Morgan fingerprint density at radius 2 is 1.52 bits per heavy atom. The molecule has 0 aliphatic carbocycles. The fourth-order valence-electron chi connectivity index (χ4n) is 2.42. The quantitative estimate of drug-likeness (QED) is 0.756. The van der Waals surface area contributed by atoms with Gasteiger partial charge in [-0.05, 0) is 37.0 Å². The lowest BCUT2D eigenvalue weighted by Crippen LogP contribution is -2.24. The van der Waals surface area contributed by atoms with Crippen LogP contribution in [0.5, 0.6) is 0 Å². The summed E-state index contributed by atoms with van der Waals surface area (Å²) in [6.07, 6.45) is -0.547. The van der Waals surface area contributed by atoms with E-state index in [1.54, 1.807) is 24.3 Å². The molecule has 2 aromatic rings. The van der Waals surface area contributed by atoms with E-state index in [-0.39, 0.29) is 10.3 Å². The van der Waals surface area contributed by atoms with Crippen LogP contribution in [0.3, 0.4) is 0 Å².